The van der Waals surface area contributed by atoms with E-state index in [4.69, 9.17) is 10.5 Å². The molecule has 138 valence electrons. The van der Waals surface area contributed by atoms with Gasteiger partial charge in [-0.25, -0.2) is 0 Å². The Hall–Kier alpha value is -2.28. The molecule has 1 aliphatic heterocycles. The van der Waals surface area contributed by atoms with E-state index in [0.29, 0.717) is 25.3 Å². The molecular weight excluding hydrogens is 320 g/mol. The van der Waals surface area contributed by atoms with Crippen LogP contribution in [0.4, 0.5) is 5.69 Å². The highest BCUT2D eigenvalue weighted by atomic mass is 16.5. The summed E-state index contributed by atoms with van der Waals surface area (Å²) in [5.41, 5.74) is 6.18. The van der Waals surface area contributed by atoms with Crippen molar-refractivity contribution < 1.29 is 14.3 Å². The number of nitrogens with one attached hydrogen (secondary N) is 2. The fourth-order valence-electron chi connectivity index (χ4n) is 3.06. The molecule has 0 spiro atoms. The van der Waals surface area contributed by atoms with Crippen LogP contribution in [0.1, 0.15) is 25.7 Å². The molecule has 1 aromatic rings. The number of likely N-dealkylation sites (tertiary alicyclic amines) is 1. The fourth-order valence-corrected chi connectivity index (χ4v) is 3.06. The first-order chi connectivity index (χ1) is 12.2. The zero-order chi connectivity index (χ0) is 18.1. The molecule has 0 saturated carbocycles. The molecule has 1 fully saturated rings. The van der Waals surface area contributed by atoms with Crippen LogP contribution in [-0.4, -0.2) is 56.0 Å². The maximum absolute atomic E-state index is 12.6. The third-order valence-electron chi connectivity index (χ3n) is 4.39. The lowest BCUT2D eigenvalue weighted by molar-refractivity contribution is -0.133. The minimum Gasteiger partial charge on any atom is -0.495 e. The van der Waals surface area contributed by atoms with E-state index in [-0.39, 0.29) is 24.4 Å². The average Bonchev–Trinajstić information content (AvgIpc) is 2.65. The van der Waals surface area contributed by atoms with Gasteiger partial charge in [0.1, 0.15) is 5.75 Å². The SMILES string of the molecule is COc1ccccc1NCC(=O)N1CCCCC1CNC(=O)CCN. The van der Waals surface area contributed by atoms with Crippen LogP contribution in [0.5, 0.6) is 5.75 Å². The fraction of sp³-hybridized carbons (Fsp3) is 0.556. The molecule has 0 aromatic heterocycles. The summed E-state index contributed by atoms with van der Waals surface area (Å²) in [5, 5.41) is 6.02. The van der Waals surface area contributed by atoms with E-state index in [1.165, 1.54) is 0 Å². The number of methoxy groups -OCH3 is 1. The van der Waals surface area contributed by atoms with Gasteiger partial charge in [0, 0.05) is 32.1 Å². The molecule has 2 amide bonds. The molecule has 7 nitrogen and oxygen atoms in total. The van der Waals surface area contributed by atoms with Gasteiger partial charge in [0.2, 0.25) is 11.8 Å². The highest BCUT2D eigenvalue weighted by Crippen LogP contribution is 2.23. The first kappa shape index (κ1) is 19.1. The van der Waals surface area contributed by atoms with Gasteiger partial charge in [-0.05, 0) is 31.4 Å². The first-order valence-corrected chi connectivity index (χ1v) is 8.78. The summed E-state index contributed by atoms with van der Waals surface area (Å²) in [5.74, 6) is 0.677. The van der Waals surface area contributed by atoms with Crippen LogP contribution in [0.15, 0.2) is 24.3 Å². The number of hydrogen-bond acceptors (Lipinski definition) is 5. The number of hydrogen-bond donors (Lipinski definition) is 3. The molecule has 1 saturated heterocycles. The monoisotopic (exact) mass is 348 g/mol. The van der Waals surface area contributed by atoms with Crippen LogP contribution >= 0.6 is 0 Å². The number of nitrogens with zero attached hydrogens (tertiary/aromatic N) is 1. The van der Waals surface area contributed by atoms with Gasteiger partial charge < -0.3 is 26.0 Å². The number of piperidine rings is 1. The van der Waals surface area contributed by atoms with Gasteiger partial charge in [0.15, 0.2) is 0 Å². The summed E-state index contributed by atoms with van der Waals surface area (Å²) >= 11 is 0. The summed E-state index contributed by atoms with van der Waals surface area (Å²) in [6.07, 6.45) is 3.29. The van der Waals surface area contributed by atoms with Crippen LogP contribution < -0.4 is 21.1 Å². The van der Waals surface area contributed by atoms with E-state index in [2.05, 4.69) is 10.6 Å². The van der Waals surface area contributed by atoms with E-state index in [1.807, 2.05) is 29.2 Å². The van der Waals surface area contributed by atoms with Crippen molar-refractivity contribution in [1.29, 1.82) is 0 Å². The van der Waals surface area contributed by atoms with Gasteiger partial charge in [-0.2, -0.15) is 0 Å². The maximum atomic E-state index is 12.6. The molecule has 2 rings (SSSR count). The second-order valence-electron chi connectivity index (χ2n) is 6.13. The number of para-hydroxylation sites is 2. The number of anilines is 1. The smallest absolute Gasteiger partial charge is 0.242 e. The van der Waals surface area contributed by atoms with Crippen molar-refractivity contribution in [2.24, 2.45) is 5.73 Å². The van der Waals surface area contributed by atoms with E-state index in [1.54, 1.807) is 7.11 Å². The van der Waals surface area contributed by atoms with Crippen molar-refractivity contribution in [2.45, 2.75) is 31.7 Å². The maximum Gasteiger partial charge on any atom is 0.242 e. The largest absolute Gasteiger partial charge is 0.495 e. The van der Waals surface area contributed by atoms with Gasteiger partial charge >= 0.3 is 0 Å². The second kappa shape index (κ2) is 9.88. The second-order valence-corrected chi connectivity index (χ2v) is 6.13. The van der Waals surface area contributed by atoms with Crippen LogP contribution in [0.2, 0.25) is 0 Å². The molecule has 1 aliphatic rings. The predicted octanol–water partition coefficient (Wildman–Crippen LogP) is 0.953. The molecule has 1 atom stereocenters. The summed E-state index contributed by atoms with van der Waals surface area (Å²) in [6, 6.07) is 7.56. The van der Waals surface area contributed by atoms with Crippen molar-refractivity contribution in [3.63, 3.8) is 0 Å². The van der Waals surface area contributed by atoms with Gasteiger partial charge in [-0.3, -0.25) is 9.59 Å². The standard InChI is InChI=1S/C18H28N4O3/c1-25-16-8-3-2-7-15(16)20-13-18(24)22-11-5-4-6-14(22)12-21-17(23)9-10-19/h2-3,7-8,14,20H,4-6,9-13,19H2,1H3,(H,21,23). The van der Waals surface area contributed by atoms with E-state index >= 15 is 0 Å². The Morgan fingerprint density at radius 2 is 2.12 bits per heavy atom. The third kappa shape index (κ3) is 5.63. The first-order valence-electron chi connectivity index (χ1n) is 8.78. The number of ether oxygens (including phenoxy) is 1. The molecule has 1 heterocycles. The van der Waals surface area contributed by atoms with E-state index in [9.17, 15) is 9.59 Å². The minimum absolute atomic E-state index is 0.0312. The van der Waals surface area contributed by atoms with Crippen molar-refractivity contribution in [3.8, 4) is 5.75 Å². The van der Waals surface area contributed by atoms with Crippen LogP contribution in [-0.2, 0) is 9.59 Å². The molecule has 7 heteroatoms. The molecule has 1 aromatic carbocycles. The summed E-state index contributed by atoms with van der Waals surface area (Å²) in [6.45, 7) is 1.75. The van der Waals surface area contributed by atoms with E-state index < -0.39 is 0 Å². The Balaban J connectivity index is 1.90. The Morgan fingerprint density at radius 3 is 2.88 bits per heavy atom. The number of benzene rings is 1. The number of carbonyl (C=O) groups is 2. The lowest BCUT2D eigenvalue weighted by Crippen LogP contribution is -2.51. The van der Waals surface area contributed by atoms with Crippen molar-refractivity contribution >= 4 is 17.5 Å². The Labute approximate surface area is 148 Å². The molecule has 0 bridgehead atoms. The zero-order valence-electron chi connectivity index (χ0n) is 14.8. The van der Waals surface area contributed by atoms with Gasteiger partial charge in [0.25, 0.3) is 0 Å². The molecule has 0 radical (unpaired) electrons. The third-order valence-corrected chi connectivity index (χ3v) is 4.39. The Morgan fingerprint density at radius 1 is 1.32 bits per heavy atom. The van der Waals surface area contributed by atoms with Crippen LogP contribution in [0.25, 0.3) is 0 Å². The van der Waals surface area contributed by atoms with Gasteiger partial charge in [-0.15, -0.1) is 0 Å². The Kier molecular flexibility index (Phi) is 7.53. The Bertz CT molecular complexity index is 579. The molecule has 1 unspecified atom stereocenters. The van der Waals surface area contributed by atoms with Crippen molar-refractivity contribution in [2.75, 3.05) is 38.6 Å². The average molecular weight is 348 g/mol. The van der Waals surface area contributed by atoms with Crippen molar-refractivity contribution in [1.82, 2.24) is 10.2 Å². The molecular formula is C18H28N4O3. The predicted molar refractivity (Wildman–Crippen MR) is 97.5 cm³/mol. The molecule has 4 N–H and O–H groups in total. The quantitative estimate of drug-likeness (QED) is 0.650. The topological polar surface area (TPSA) is 96.7 Å². The number of nitrogens with two attached hydrogens (primary N) is 1. The number of rotatable bonds is 8. The highest BCUT2D eigenvalue weighted by Gasteiger charge is 2.26. The summed E-state index contributed by atoms with van der Waals surface area (Å²) in [4.78, 5) is 26.1. The summed E-state index contributed by atoms with van der Waals surface area (Å²) in [7, 11) is 1.60. The summed E-state index contributed by atoms with van der Waals surface area (Å²) < 4.78 is 5.29. The van der Waals surface area contributed by atoms with Crippen molar-refractivity contribution in [3.05, 3.63) is 24.3 Å². The molecule has 0 aliphatic carbocycles. The highest BCUT2D eigenvalue weighted by molar-refractivity contribution is 5.82. The lowest BCUT2D eigenvalue weighted by atomic mass is 10.0. The molecule has 25 heavy (non-hydrogen) atoms. The van der Waals surface area contributed by atoms with Gasteiger partial charge in [0.05, 0.1) is 19.3 Å². The normalized spacial score (nSPS) is 17.0. The number of carbonyl (C=O) groups excluding carboxylic acids is 2. The minimum atomic E-state index is -0.0624. The van der Waals surface area contributed by atoms with Crippen LogP contribution in [0, 0.1) is 0 Å². The van der Waals surface area contributed by atoms with E-state index in [0.717, 1.165) is 31.5 Å². The zero-order valence-corrected chi connectivity index (χ0v) is 14.8. The van der Waals surface area contributed by atoms with Gasteiger partial charge in [-0.1, -0.05) is 12.1 Å². The number of amides is 2. The lowest BCUT2D eigenvalue weighted by Gasteiger charge is -2.36. The van der Waals surface area contributed by atoms with Crippen LogP contribution in [0.3, 0.4) is 0 Å².